The van der Waals surface area contributed by atoms with Crippen LogP contribution in [0.1, 0.15) is 18.0 Å². The van der Waals surface area contributed by atoms with Crippen molar-refractivity contribution in [1.29, 1.82) is 0 Å². The zero-order chi connectivity index (χ0) is 14.4. The summed E-state index contributed by atoms with van der Waals surface area (Å²) in [4.78, 5) is 0. The van der Waals surface area contributed by atoms with E-state index in [9.17, 15) is 13.2 Å². The van der Waals surface area contributed by atoms with Crippen molar-refractivity contribution >= 4 is 23.5 Å². The Kier molecular flexibility index (Phi) is 6.11. The lowest BCUT2D eigenvalue weighted by Crippen LogP contribution is -2.34. The molecular weight excluding hydrogens is 303 g/mol. The number of hydrogen-bond acceptors (Lipinski definition) is 3. The van der Waals surface area contributed by atoms with E-state index in [-0.39, 0.29) is 0 Å². The van der Waals surface area contributed by atoms with Crippen LogP contribution < -0.4 is 5.32 Å². The Labute approximate surface area is 126 Å². The highest BCUT2D eigenvalue weighted by Crippen LogP contribution is 2.30. The molecule has 0 bridgehead atoms. The number of benzene rings is 1. The van der Waals surface area contributed by atoms with Gasteiger partial charge in [-0.05, 0) is 5.56 Å². The van der Waals surface area contributed by atoms with Gasteiger partial charge in [0.1, 0.15) is 0 Å². The molecule has 2 rings (SSSR count). The fraction of sp³-hybridized carbons (Fsp3) is 0.571. The Bertz CT molecular complexity index is 391. The average Bonchev–Trinajstić information content (AvgIpc) is 2.44. The minimum atomic E-state index is -4.15. The van der Waals surface area contributed by atoms with E-state index in [4.69, 9.17) is 0 Å². The number of thioether (sulfide) groups is 2. The molecule has 0 amide bonds. The standard InChI is InChI=1S/C14H18F3NS2/c15-14(16,17)8-13(11-4-2-1-3-5-11)18-9-12-10-19-6-7-20-12/h1-5,12-13,18H,6-10H2. The topological polar surface area (TPSA) is 12.0 Å². The number of alkyl halides is 3. The highest BCUT2D eigenvalue weighted by molar-refractivity contribution is 8.06. The Balaban J connectivity index is 1.95. The van der Waals surface area contributed by atoms with Crippen molar-refractivity contribution in [3.05, 3.63) is 35.9 Å². The maximum atomic E-state index is 12.7. The van der Waals surface area contributed by atoms with Crippen molar-refractivity contribution in [3.63, 3.8) is 0 Å². The molecule has 1 aromatic carbocycles. The molecule has 1 N–H and O–H groups in total. The maximum absolute atomic E-state index is 12.7. The second-order valence-electron chi connectivity index (χ2n) is 4.76. The van der Waals surface area contributed by atoms with Crippen molar-refractivity contribution in [2.75, 3.05) is 23.8 Å². The summed E-state index contributed by atoms with van der Waals surface area (Å²) in [6, 6.07) is 8.25. The number of rotatable bonds is 5. The van der Waals surface area contributed by atoms with Gasteiger partial charge in [-0.2, -0.15) is 36.7 Å². The van der Waals surface area contributed by atoms with E-state index in [1.165, 1.54) is 0 Å². The van der Waals surface area contributed by atoms with E-state index in [2.05, 4.69) is 5.32 Å². The van der Waals surface area contributed by atoms with Gasteiger partial charge in [-0.3, -0.25) is 0 Å². The molecule has 112 valence electrons. The Hall–Kier alpha value is -0.330. The fourth-order valence-electron chi connectivity index (χ4n) is 2.15. The second-order valence-corrected chi connectivity index (χ2v) is 7.32. The van der Waals surface area contributed by atoms with Crippen LogP contribution in [0.2, 0.25) is 0 Å². The third kappa shape index (κ3) is 5.58. The summed E-state index contributed by atoms with van der Waals surface area (Å²) in [5.41, 5.74) is 0.707. The van der Waals surface area contributed by atoms with Gasteiger partial charge >= 0.3 is 6.18 Å². The molecule has 6 heteroatoms. The summed E-state index contributed by atoms with van der Waals surface area (Å²) in [5.74, 6) is 3.25. The molecule has 2 atom stereocenters. The first kappa shape index (κ1) is 16.0. The summed E-state index contributed by atoms with van der Waals surface area (Å²) >= 11 is 3.73. The van der Waals surface area contributed by atoms with Gasteiger partial charge in [0.05, 0.1) is 6.42 Å². The minimum Gasteiger partial charge on any atom is -0.308 e. The molecule has 2 unspecified atom stereocenters. The van der Waals surface area contributed by atoms with Gasteiger partial charge in [-0.1, -0.05) is 30.3 Å². The molecule has 1 nitrogen and oxygen atoms in total. The van der Waals surface area contributed by atoms with Crippen LogP contribution in [0, 0.1) is 0 Å². The van der Waals surface area contributed by atoms with Crippen molar-refractivity contribution in [2.24, 2.45) is 0 Å². The lowest BCUT2D eigenvalue weighted by molar-refractivity contribution is -0.140. The molecule has 1 saturated heterocycles. The van der Waals surface area contributed by atoms with E-state index in [0.717, 1.165) is 17.3 Å². The van der Waals surface area contributed by atoms with E-state index in [1.807, 2.05) is 29.6 Å². The molecule has 1 fully saturated rings. The van der Waals surface area contributed by atoms with Crippen LogP contribution in [0.25, 0.3) is 0 Å². The lowest BCUT2D eigenvalue weighted by Gasteiger charge is -2.26. The quantitative estimate of drug-likeness (QED) is 0.876. The van der Waals surface area contributed by atoms with Gasteiger partial charge in [-0.25, -0.2) is 0 Å². The first-order valence-electron chi connectivity index (χ1n) is 6.59. The Morgan fingerprint density at radius 2 is 1.95 bits per heavy atom. The molecule has 0 spiro atoms. The van der Waals surface area contributed by atoms with Gasteiger partial charge in [-0.15, -0.1) is 0 Å². The minimum absolute atomic E-state index is 0.410. The number of nitrogens with one attached hydrogen (secondary N) is 1. The SMILES string of the molecule is FC(F)(F)CC(NCC1CSCCS1)c1ccccc1. The molecule has 0 saturated carbocycles. The third-order valence-corrected chi connectivity index (χ3v) is 5.96. The molecule has 1 heterocycles. The van der Waals surface area contributed by atoms with Crippen LogP contribution in [-0.2, 0) is 0 Å². The van der Waals surface area contributed by atoms with E-state index in [0.29, 0.717) is 17.4 Å². The van der Waals surface area contributed by atoms with Crippen LogP contribution in [0.15, 0.2) is 30.3 Å². The molecule has 0 radical (unpaired) electrons. The normalized spacial score (nSPS) is 21.6. The van der Waals surface area contributed by atoms with Gasteiger partial charge < -0.3 is 5.32 Å². The van der Waals surface area contributed by atoms with Gasteiger partial charge in [0.25, 0.3) is 0 Å². The predicted molar refractivity (Wildman–Crippen MR) is 81.4 cm³/mol. The lowest BCUT2D eigenvalue weighted by atomic mass is 10.0. The van der Waals surface area contributed by atoms with Crippen molar-refractivity contribution in [3.8, 4) is 0 Å². The van der Waals surface area contributed by atoms with Gasteiger partial charge in [0, 0.05) is 35.1 Å². The average molecular weight is 321 g/mol. The smallest absolute Gasteiger partial charge is 0.308 e. The zero-order valence-corrected chi connectivity index (χ0v) is 12.7. The number of hydrogen-bond donors (Lipinski definition) is 1. The molecule has 1 aliphatic rings. The first-order chi connectivity index (χ1) is 9.54. The third-order valence-electron chi connectivity index (χ3n) is 3.11. The first-order valence-corrected chi connectivity index (χ1v) is 8.79. The highest BCUT2D eigenvalue weighted by Gasteiger charge is 2.32. The number of halogens is 3. The molecule has 20 heavy (non-hydrogen) atoms. The highest BCUT2D eigenvalue weighted by atomic mass is 32.2. The van der Waals surface area contributed by atoms with Crippen LogP contribution >= 0.6 is 23.5 Å². The van der Waals surface area contributed by atoms with E-state index < -0.39 is 18.6 Å². The molecule has 1 aromatic rings. The van der Waals surface area contributed by atoms with E-state index >= 15 is 0 Å². The van der Waals surface area contributed by atoms with Crippen molar-refractivity contribution < 1.29 is 13.2 Å². The second kappa shape index (κ2) is 7.61. The predicted octanol–water partition coefficient (Wildman–Crippen LogP) is 4.12. The summed E-state index contributed by atoms with van der Waals surface area (Å²) in [5, 5.41) is 3.52. The van der Waals surface area contributed by atoms with Crippen molar-refractivity contribution in [1.82, 2.24) is 5.32 Å². The van der Waals surface area contributed by atoms with Crippen LogP contribution in [-0.4, -0.2) is 35.2 Å². The molecule has 0 aromatic heterocycles. The summed E-state index contributed by atoms with van der Waals surface area (Å²) in [6.07, 6.45) is -4.97. The zero-order valence-electron chi connectivity index (χ0n) is 11.0. The van der Waals surface area contributed by atoms with Gasteiger partial charge in [0.2, 0.25) is 0 Å². The largest absolute Gasteiger partial charge is 0.390 e. The fourth-order valence-corrected chi connectivity index (χ4v) is 4.78. The maximum Gasteiger partial charge on any atom is 0.390 e. The Morgan fingerprint density at radius 3 is 2.55 bits per heavy atom. The van der Waals surface area contributed by atoms with Crippen LogP contribution in [0.5, 0.6) is 0 Å². The van der Waals surface area contributed by atoms with Crippen molar-refractivity contribution in [2.45, 2.75) is 23.9 Å². The van der Waals surface area contributed by atoms with Crippen LogP contribution in [0.4, 0.5) is 13.2 Å². The van der Waals surface area contributed by atoms with E-state index in [1.54, 1.807) is 24.3 Å². The molecule has 0 aliphatic carbocycles. The molecule has 1 aliphatic heterocycles. The molecular formula is C14H18F3NS2. The Morgan fingerprint density at radius 1 is 1.20 bits per heavy atom. The summed E-state index contributed by atoms with van der Waals surface area (Å²) in [6.45, 7) is 0.632. The van der Waals surface area contributed by atoms with Crippen LogP contribution in [0.3, 0.4) is 0 Å². The summed E-state index contributed by atoms with van der Waals surface area (Å²) in [7, 11) is 0. The van der Waals surface area contributed by atoms with Gasteiger partial charge in [0.15, 0.2) is 0 Å². The monoisotopic (exact) mass is 321 g/mol. The summed E-state index contributed by atoms with van der Waals surface area (Å²) < 4.78 is 38.1.